The second-order valence-corrected chi connectivity index (χ2v) is 4.12. The van der Waals surface area contributed by atoms with E-state index in [-0.39, 0.29) is 6.04 Å². The molecule has 0 bridgehead atoms. The summed E-state index contributed by atoms with van der Waals surface area (Å²) in [6.45, 7) is 5.65. The van der Waals surface area contributed by atoms with E-state index in [1.807, 2.05) is 13.8 Å². The first kappa shape index (κ1) is 15.5. The summed E-state index contributed by atoms with van der Waals surface area (Å²) in [6.07, 6.45) is 3.50. The Hall–Kier alpha value is -1.52. The first-order chi connectivity index (χ1) is 7.93. The van der Waals surface area contributed by atoms with Gasteiger partial charge in [-0.3, -0.25) is 0 Å². The number of rotatable bonds is 7. The van der Waals surface area contributed by atoms with Crippen LogP contribution in [0, 0.1) is 0 Å². The maximum Gasteiger partial charge on any atom is 0.407 e. The van der Waals surface area contributed by atoms with Gasteiger partial charge in [0, 0.05) is 11.6 Å². The number of alkyl carbamates (subject to hydrolysis) is 1. The summed E-state index contributed by atoms with van der Waals surface area (Å²) in [5.41, 5.74) is 0.350. The molecule has 0 atom stereocenters. The van der Waals surface area contributed by atoms with E-state index >= 15 is 0 Å². The smallest absolute Gasteiger partial charge is 0.407 e. The van der Waals surface area contributed by atoms with Gasteiger partial charge in [0.1, 0.15) is 0 Å². The number of nitrogens with one attached hydrogen (secondary N) is 1. The van der Waals surface area contributed by atoms with Gasteiger partial charge in [-0.2, -0.15) is 0 Å². The molecule has 5 heteroatoms. The van der Waals surface area contributed by atoms with E-state index in [2.05, 4.69) is 5.32 Å². The zero-order chi connectivity index (χ0) is 13.3. The van der Waals surface area contributed by atoms with Gasteiger partial charge in [-0.15, -0.1) is 0 Å². The number of amides is 1. The highest BCUT2D eigenvalue weighted by atomic mass is 16.5. The zero-order valence-corrected chi connectivity index (χ0v) is 10.7. The molecule has 0 radical (unpaired) electrons. The summed E-state index contributed by atoms with van der Waals surface area (Å²) in [4.78, 5) is 21.5. The molecule has 0 unspecified atom stereocenters. The largest absolute Gasteiger partial charge is 0.478 e. The molecule has 0 aromatic rings. The number of carbonyl (C=O) groups is 2. The van der Waals surface area contributed by atoms with Crippen molar-refractivity contribution in [2.75, 3.05) is 6.61 Å². The molecular formula is C12H21NO4. The van der Waals surface area contributed by atoms with Crippen LogP contribution in [0.25, 0.3) is 0 Å². The molecule has 0 spiro atoms. The Morgan fingerprint density at radius 2 is 2.00 bits per heavy atom. The standard InChI is InChI=1S/C12H21NO4/c1-9(2)13-12(16)17-8-6-4-5-7-10(3)11(14)15/h7,9H,4-6,8H2,1-3H3,(H,13,16)(H,14,15). The lowest BCUT2D eigenvalue weighted by Crippen LogP contribution is -2.30. The third kappa shape index (κ3) is 9.41. The highest BCUT2D eigenvalue weighted by Crippen LogP contribution is 2.02. The average molecular weight is 243 g/mol. The van der Waals surface area contributed by atoms with Crippen molar-refractivity contribution in [2.24, 2.45) is 0 Å². The van der Waals surface area contributed by atoms with Crippen molar-refractivity contribution in [2.45, 2.75) is 46.1 Å². The van der Waals surface area contributed by atoms with Gasteiger partial charge in [-0.1, -0.05) is 6.08 Å². The van der Waals surface area contributed by atoms with Crippen LogP contribution in [0.5, 0.6) is 0 Å². The zero-order valence-electron chi connectivity index (χ0n) is 10.7. The minimum atomic E-state index is -0.891. The molecule has 5 nitrogen and oxygen atoms in total. The molecule has 2 N–H and O–H groups in total. The van der Waals surface area contributed by atoms with E-state index < -0.39 is 12.1 Å². The summed E-state index contributed by atoms with van der Waals surface area (Å²) in [6, 6.07) is 0.0728. The predicted molar refractivity (Wildman–Crippen MR) is 64.9 cm³/mol. The lowest BCUT2D eigenvalue weighted by Gasteiger charge is -2.08. The molecule has 1 amide bonds. The Morgan fingerprint density at radius 1 is 1.35 bits per heavy atom. The second kappa shape index (κ2) is 8.61. The molecule has 0 rings (SSSR count). The Labute approximate surface area is 102 Å². The SMILES string of the molecule is CC(=CCCCCOC(=O)NC(C)C)C(=O)O. The van der Waals surface area contributed by atoms with Crippen molar-refractivity contribution < 1.29 is 19.4 Å². The topological polar surface area (TPSA) is 75.6 Å². The molecule has 0 heterocycles. The molecule has 0 fully saturated rings. The molecule has 0 saturated carbocycles. The number of ether oxygens (including phenoxy) is 1. The van der Waals surface area contributed by atoms with E-state index in [9.17, 15) is 9.59 Å². The normalized spacial score (nSPS) is 11.4. The third-order valence-electron chi connectivity index (χ3n) is 2.03. The summed E-state index contributed by atoms with van der Waals surface area (Å²) in [5, 5.41) is 11.2. The minimum absolute atomic E-state index is 0.0728. The van der Waals surface area contributed by atoms with Crippen LogP contribution >= 0.6 is 0 Å². The monoisotopic (exact) mass is 243 g/mol. The van der Waals surface area contributed by atoms with Crippen molar-refractivity contribution in [3.05, 3.63) is 11.6 Å². The lowest BCUT2D eigenvalue weighted by molar-refractivity contribution is -0.132. The fourth-order valence-corrected chi connectivity index (χ4v) is 1.09. The maximum absolute atomic E-state index is 11.1. The van der Waals surface area contributed by atoms with Crippen LogP contribution in [0.2, 0.25) is 0 Å². The number of hydrogen-bond acceptors (Lipinski definition) is 3. The number of aliphatic carboxylic acids is 1. The van der Waals surface area contributed by atoms with Gasteiger partial charge in [-0.05, 0) is 40.0 Å². The number of carbonyl (C=O) groups excluding carboxylic acids is 1. The van der Waals surface area contributed by atoms with Crippen molar-refractivity contribution in [3.63, 3.8) is 0 Å². The summed E-state index contributed by atoms with van der Waals surface area (Å²) >= 11 is 0. The number of carboxylic acids is 1. The van der Waals surface area contributed by atoms with Crippen molar-refractivity contribution in [3.8, 4) is 0 Å². The van der Waals surface area contributed by atoms with Gasteiger partial charge in [0.2, 0.25) is 0 Å². The summed E-state index contributed by atoms with van der Waals surface area (Å²) in [5.74, 6) is -0.891. The van der Waals surface area contributed by atoms with Crippen LogP contribution in [0.4, 0.5) is 4.79 Å². The Balaban J connectivity index is 3.50. The minimum Gasteiger partial charge on any atom is -0.478 e. The van der Waals surface area contributed by atoms with E-state index in [0.29, 0.717) is 18.6 Å². The van der Waals surface area contributed by atoms with Gasteiger partial charge in [-0.25, -0.2) is 9.59 Å². The Morgan fingerprint density at radius 3 is 2.53 bits per heavy atom. The number of hydrogen-bond donors (Lipinski definition) is 2. The van der Waals surface area contributed by atoms with E-state index in [1.54, 1.807) is 13.0 Å². The third-order valence-corrected chi connectivity index (χ3v) is 2.03. The molecule has 0 aliphatic carbocycles. The predicted octanol–water partition coefficient (Wildman–Crippen LogP) is 2.32. The molecule has 17 heavy (non-hydrogen) atoms. The molecule has 0 aromatic carbocycles. The molecule has 0 saturated heterocycles. The summed E-state index contributed by atoms with van der Waals surface area (Å²) < 4.78 is 4.92. The molecule has 98 valence electrons. The van der Waals surface area contributed by atoms with Gasteiger partial charge < -0.3 is 15.2 Å². The van der Waals surface area contributed by atoms with E-state index in [4.69, 9.17) is 9.84 Å². The first-order valence-corrected chi connectivity index (χ1v) is 5.76. The average Bonchev–Trinajstić information content (AvgIpc) is 2.21. The Kier molecular flexibility index (Phi) is 7.84. The first-order valence-electron chi connectivity index (χ1n) is 5.76. The van der Waals surface area contributed by atoms with E-state index in [0.717, 1.165) is 12.8 Å². The van der Waals surface area contributed by atoms with Crippen LogP contribution in [-0.2, 0) is 9.53 Å². The summed E-state index contributed by atoms with van der Waals surface area (Å²) in [7, 11) is 0. The number of carboxylic acid groups (broad SMARTS) is 1. The molecule has 0 aliphatic heterocycles. The Bertz CT molecular complexity index is 284. The van der Waals surface area contributed by atoms with Crippen LogP contribution in [-0.4, -0.2) is 29.8 Å². The van der Waals surface area contributed by atoms with Gasteiger partial charge in [0.25, 0.3) is 0 Å². The fraction of sp³-hybridized carbons (Fsp3) is 0.667. The van der Waals surface area contributed by atoms with Crippen LogP contribution < -0.4 is 5.32 Å². The van der Waals surface area contributed by atoms with Crippen LogP contribution in [0.1, 0.15) is 40.0 Å². The van der Waals surface area contributed by atoms with Crippen molar-refractivity contribution in [1.82, 2.24) is 5.32 Å². The van der Waals surface area contributed by atoms with Gasteiger partial charge >= 0.3 is 12.1 Å². The quantitative estimate of drug-likeness (QED) is 0.531. The van der Waals surface area contributed by atoms with E-state index in [1.165, 1.54) is 0 Å². The maximum atomic E-state index is 11.1. The lowest BCUT2D eigenvalue weighted by atomic mass is 10.2. The van der Waals surface area contributed by atoms with Crippen molar-refractivity contribution >= 4 is 12.1 Å². The van der Waals surface area contributed by atoms with Crippen LogP contribution in [0.15, 0.2) is 11.6 Å². The fourth-order valence-electron chi connectivity index (χ4n) is 1.09. The molecule has 0 aliphatic rings. The van der Waals surface area contributed by atoms with Gasteiger partial charge in [0.05, 0.1) is 6.61 Å². The van der Waals surface area contributed by atoms with Gasteiger partial charge in [0.15, 0.2) is 0 Å². The van der Waals surface area contributed by atoms with Crippen LogP contribution in [0.3, 0.4) is 0 Å². The number of unbranched alkanes of at least 4 members (excludes halogenated alkanes) is 2. The molecule has 0 aromatic heterocycles. The highest BCUT2D eigenvalue weighted by molar-refractivity contribution is 5.85. The number of allylic oxidation sites excluding steroid dienone is 1. The highest BCUT2D eigenvalue weighted by Gasteiger charge is 2.02. The van der Waals surface area contributed by atoms with Crippen molar-refractivity contribution in [1.29, 1.82) is 0 Å². The molecular weight excluding hydrogens is 222 g/mol. The second-order valence-electron chi connectivity index (χ2n) is 4.12.